The van der Waals surface area contributed by atoms with Crippen molar-refractivity contribution in [2.24, 2.45) is 0 Å². The van der Waals surface area contributed by atoms with E-state index in [0.717, 1.165) is 22.9 Å². The van der Waals surface area contributed by atoms with Crippen LogP contribution in [0.1, 0.15) is 42.7 Å². The van der Waals surface area contributed by atoms with Gasteiger partial charge in [0.2, 0.25) is 0 Å². The summed E-state index contributed by atoms with van der Waals surface area (Å²) in [5.74, 6) is 0.981. The number of aliphatic hydroxyl groups is 1. The largest absolute Gasteiger partial charge is 0.390 e. The average Bonchev–Trinajstić information content (AvgIpc) is 2.67. The van der Waals surface area contributed by atoms with Gasteiger partial charge in [-0.3, -0.25) is 0 Å². The van der Waals surface area contributed by atoms with Crippen molar-refractivity contribution >= 4 is 0 Å². The molecule has 0 radical (unpaired) electrons. The number of hydrogen-bond donors (Lipinski definition) is 1. The third-order valence-corrected chi connectivity index (χ3v) is 2.77. The lowest BCUT2D eigenvalue weighted by Gasteiger charge is -2.11. The minimum atomic E-state index is -0.115. The van der Waals surface area contributed by atoms with E-state index >= 15 is 0 Å². The molecule has 18 heavy (non-hydrogen) atoms. The Morgan fingerprint density at radius 3 is 2.56 bits per heavy atom. The standard InChI is InChI=1S/C13H18N4O/c1-8(2)13-14-6-12(11(7-18)15-13)17-10(4)5-9(3)16-17/h5-6,8,18H,7H2,1-4H3. The van der Waals surface area contributed by atoms with Crippen LogP contribution in [0.4, 0.5) is 0 Å². The zero-order valence-corrected chi connectivity index (χ0v) is 11.2. The fraction of sp³-hybridized carbons (Fsp3) is 0.462. The fourth-order valence-electron chi connectivity index (χ4n) is 1.87. The Labute approximate surface area is 107 Å². The lowest BCUT2D eigenvalue weighted by atomic mass is 10.2. The molecule has 2 aromatic heterocycles. The maximum absolute atomic E-state index is 9.45. The van der Waals surface area contributed by atoms with Crippen molar-refractivity contribution in [2.75, 3.05) is 0 Å². The number of aryl methyl sites for hydroxylation is 2. The van der Waals surface area contributed by atoms with E-state index in [2.05, 4.69) is 15.1 Å². The molecule has 5 heteroatoms. The van der Waals surface area contributed by atoms with Crippen LogP contribution in [0.3, 0.4) is 0 Å². The SMILES string of the molecule is Cc1cc(C)n(-c2cnc(C(C)C)nc2CO)n1. The highest BCUT2D eigenvalue weighted by molar-refractivity contribution is 5.35. The van der Waals surface area contributed by atoms with Gasteiger partial charge in [-0.1, -0.05) is 13.8 Å². The van der Waals surface area contributed by atoms with E-state index in [1.165, 1.54) is 0 Å². The smallest absolute Gasteiger partial charge is 0.131 e. The molecule has 0 aliphatic rings. The summed E-state index contributed by atoms with van der Waals surface area (Å²) in [6.45, 7) is 7.85. The summed E-state index contributed by atoms with van der Waals surface area (Å²) in [7, 11) is 0. The van der Waals surface area contributed by atoms with Crippen molar-refractivity contribution in [1.29, 1.82) is 0 Å². The molecule has 96 valence electrons. The monoisotopic (exact) mass is 246 g/mol. The topological polar surface area (TPSA) is 63.8 Å². The first-order valence-electron chi connectivity index (χ1n) is 6.03. The normalized spacial score (nSPS) is 11.2. The number of hydrogen-bond acceptors (Lipinski definition) is 4. The highest BCUT2D eigenvalue weighted by Crippen LogP contribution is 2.17. The molecule has 5 nitrogen and oxygen atoms in total. The maximum atomic E-state index is 9.45. The molecule has 0 aliphatic carbocycles. The molecule has 2 heterocycles. The molecule has 0 amide bonds. The molecule has 2 rings (SSSR count). The van der Waals surface area contributed by atoms with Crippen LogP contribution >= 0.6 is 0 Å². The van der Waals surface area contributed by atoms with Gasteiger partial charge in [0.05, 0.1) is 24.2 Å². The second-order valence-corrected chi connectivity index (χ2v) is 4.71. The van der Waals surface area contributed by atoms with Crippen LogP contribution in [0.25, 0.3) is 5.69 Å². The van der Waals surface area contributed by atoms with E-state index in [4.69, 9.17) is 0 Å². The zero-order chi connectivity index (χ0) is 13.3. The summed E-state index contributed by atoms with van der Waals surface area (Å²) < 4.78 is 1.77. The van der Waals surface area contributed by atoms with Crippen molar-refractivity contribution < 1.29 is 5.11 Å². The van der Waals surface area contributed by atoms with Gasteiger partial charge in [0.1, 0.15) is 11.5 Å². The summed E-state index contributed by atoms with van der Waals surface area (Å²) in [6, 6.07) is 1.98. The van der Waals surface area contributed by atoms with Crippen molar-refractivity contribution in [3.05, 3.63) is 35.2 Å². The van der Waals surface area contributed by atoms with Gasteiger partial charge in [-0.05, 0) is 19.9 Å². The first-order chi connectivity index (χ1) is 8.52. The third kappa shape index (κ3) is 2.26. The van der Waals surface area contributed by atoms with E-state index in [-0.39, 0.29) is 12.5 Å². The molecule has 0 unspecified atom stereocenters. The van der Waals surface area contributed by atoms with Crippen LogP contribution in [0.2, 0.25) is 0 Å². The van der Waals surface area contributed by atoms with Crippen molar-refractivity contribution in [3.63, 3.8) is 0 Å². The van der Waals surface area contributed by atoms with Gasteiger partial charge in [0.15, 0.2) is 0 Å². The molecule has 1 N–H and O–H groups in total. The maximum Gasteiger partial charge on any atom is 0.131 e. The van der Waals surface area contributed by atoms with Crippen LogP contribution in [0.5, 0.6) is 0 Å². The zero-order valence-electron chi connectivity index (χ0n) is 11.2. The predicted molar refractivity (Wildman–Crippen MR) is 68.6 cm³/mol. The second-order valence-electron chi connectivity index (χ2n) is 4.71. The molecule has 0 bridgehead atoms. The summed E-state index contributed by atoms with van der Waals surface area (Å²) in [4.78, 5) is 8.73. The van der Waals surface area contributed by atoms with E-state index in [0.29, 0.717) is 5.69 Å². The van der Waals surface area contributed by atoms with Crippen molar-refractivity contribution in [1.82, 2.24) is 19.7 Å². The Balaban J connectivity index is 2.54. The Kier molecular flexibility index (Phi) is 3.43. The van der Waals surface area contributed by atoms with Gasteiger partial charge >= 0.3 is 0 Å². The van der Waals surface area contributed by atoms with E-state index in [1.54, 1.807) is 10.9 Å². The third-order valence-electron chi connectivity index (χ3n) is 2.77. The number of aliphatic hydroxyl groups excluding tert-OH is 1. The molecule has 2 aromatic rings. The Morgan fingerprint density at radius 1 is 1.33 bits per heavy atom. The first kappa shape index (κ1) is 12.7. The van der Waals surface area contributed by atoms with Gasteiger partial charge < -0.3 is 5.11 Å². The molecule has 0 spiro atoms. The Hall–Kier alpha value is -1.75. The molecule has 0 aliphatic heterocycles. The first-order valence-corrected chi connectivity index (χ1v) is 6.03. The molecule has 0 atom stereocenters. The highest BCUT2D eigenvalue weighted by atomic mass is 16.3. The fourth-order valence-corrected chi connectivity index (χ4v) is 1.87. The second kappa shape index (κ2) is 4.86. The minimum absolute atomic E-state index is 0.115. The van der Waals surface area contributed by atoms with Crippen molar-refractivity contribution in [3.8, 4) is 5.69 Å². The van der Waals surface area contributed by atoms with E-state index < -0.39 is 0 Å². The molecular formula is C13H18N4O. The number of nitrogens with zero attached hydrogens (tertiary/aromatic N) is 4. The molecule has 0 saturated carbocycles. The summed E-state index contributed by atoms with van der Waals surface area (Å²) >= 11 is 0. The van der Waals surface area contributed by atoms with Crippen LogP contribution in [-0.2, 0) is 6.61 Å². The molecule has 0 fully saturated rings. The van der Waals surface area contributed by atoms with Gasteiger partial charge in [-0.25, -0.2) is 14.6 Å². The van der Waals surface area contributed by atoms with Gasteiger partial charge in [0.25, 0.3) is 0 Å². The lowest BCUT2D eigenvalue weighted by molar-refractivity contribution is 0.275. The van der Waals surface area contributed by atoms with E-state index in [9.17, 15) is 5.11 Å². The minimum Gasteiger partial charge on any atom is -0.390 e. The van der Waals surface area contributed by atoms with Crippen LogP contribution < -0.4 is 0 Å². The molecular weight excluding hydrogens is 228 g/mol. The summed E-state index contributed by atoms with van der Waals surface area (Å²) in [5, 5.41) is 13.8. The Morgan fingerprint density at radius 2 is 2.06 bits per heavy atom. The highest BCUT2D eigenvalue weighted by Gasteiger charge is 2.13. The number of aromatic nitrogens is 4. The lowest BCUT2D eigenvalue weighted by Crippen LogP contribution is -2.09. The van der Waals surface area contributed by atoms with Crippen LogP contribution in [0, 0.1) is 13.8 Å². The Bertz CT molecular complexity index is 560. The quantitative estimate of drug-likeness (QED) is 0.898. The van der Waals surface area contributed by atoms with Gasteiger partial charge in [-0.15, -0.1) is 0 Å². The van der Waals surface area contributed by atoms with E-state index in [1.807, 2.05) is 33.8 Å². The average molecular weight is 246 g/mol. The van der Waals surface area contributed by atoms with Crippen molar-refractivity contribution in [2.45, 2.75) is 40.2 Å². The summed E-state index contributed by atoms with van der Waals surface area (Å²) in [5.41, 5.74) is 3.29. The van der Waals surface area contributed by atoms with Crippen LogP contribution in [-0.4, -0.2) is 24.9 Å². The van der Waals surface area contributed by atoms with Crippen LogP contribution in [0.15, 0.2) is 12.3 Å². The summed E-state index contributed by atoms with van der Waals surface area (Å²) in [6.07, 6.45) is 1.73. The number of rotatable bonds is 3. The molecule has 0 saturated heterocycles. The predicted octanol–water partition coefficient (Wildman–Crippen LogP) is 1.89. The van der Waals surface area contributed by atoms with Gasteiger partial charge in [-0.2, -0.15) is 5.10 Å². The van der Waals surface area contributed by atoms with Gasteiger partial charge in [0, 0.05) is 11.6 Å². The molecule has 0 aromatic carbocycles.